The van der Waals surface area contributed by atoms with Gasteiger partial charge in [0.2, 0.25) is 0 Å². The fraction of sp³-hybridized carbons (Fsp3) is 0.353. The number of aryl methyl sites for hydroxylation is 1. The summed E-state index contributed by atoms with van der Waals surface area (Å²) in [6, 6.07) is 5.07. The van der Waals surface area contributed by atoms with Gasteiger partial charge in [-0.1, -0.05) is 0 Å². The molecule has 1 N–H and O–H groups in total. The van der Waals surface area contributed by atoms with Crippen molar-refractivity contribution in [2.45, 2.75) is 37.3 Å². The molecule has 2 radical (unpaired) electrons. The quantitative estimate of drug-likeness (QED) is 0.719. The van der Waals surface area contributed by atoms with Crippen molar-refractivity contribution < 1.29 is 18.0 Å². The van der Waals surface area contributed by atoms with Crippen molar-refractivity contribution in [3.8, 4) is 0 Å². The van der Waals surface area contributed by atoms with Gasteiger partial charge in [0.1, 0.15) is 0 Å². The van der Waals surface area contributed by atoms with Crippen molar-refractivity contribution in [3.63, 3.8) is 0 Å². The summed E-state index contributed by atoms with van der Waals surface area (Å²) in [5, 5.41) is 2.54. The molecule has 0 bridgehead atoms. The van der Waals surface area contributed by atoms with E-state index in [1.165, 1.54) is 0 Å². The van der Waals surface area contributed by atoms with E-state index >= 15 is 0 Å². The molecule has 132 valence electrons. The zero-order valence-corrected chi connectivity index (χ0v) is 17.2. The van der Waals surface area contributed by atoms with Gasteiger partial charge in [-0.25, -0.2) is 0 Å². The number of carbonyl (C=O) groups excluding carboxylic acids is 1. The van der Waals surface area contributed by atoms with Crippen LogP contribution < -0.4 is 9.03 Å². The molecule has 0 aliphatic carbocycles. The second-order valence-corrected chi connectivity index (χ2v) is 13.0. The Morgan fingerprint density at radius 1 is 1.16 bits per heavy atom. The summed E-state index contributed by atoms with van der Waals surface area (Å²) >= 11 is -0.982. The van der Waals surface area contributed by atoms with E-state index in [-0.39, 0.29) is 9.12 Å². The molecule has 0 saturated heterocycles. The third kappa shape index (κ3) is 5.69. The third-order valence-electron chi connectivity index (χ3n) is 3.15. The van der Waals surface area contributed by atoms with Gasteiger partial charge in [0.05, 0.1) is 0 Å². The van der Waals surface area contributed by atoms with Crippen LogP contribution in [0.25, 0.3) is 0 Å². The number of amides is 1. The fourth-order valence-corrected chi connectivity index (χ4v) is 5.32. The number of anilines is 1. The number of hydrogen-bond acceptors (Lipinski definition) is 3. The van der Waals surface area contributed by atoms with Crippen LogP contribution in [0.3, 0.4) is 0 Å². The first kappa shape index (κ1) is 19.7. The van der Waals surface area contributed by atoms with Crippen LogP contribution in [0.5, 0.6) is 0 Å². The molecule has 0 aliphatic rings. The molecule has 4 nitrogen and oxygen atoms in total. The molecule has 0 saturated carbocycles. The van der Waals surface area contributed by atoms with Crippen molar-refractivity contribution in [3.05, 3.63) is 47.3 Å². The van der Waals surface area contributed by atoms with Crippen molar-refractivity contribution >= 4 is 36.6 Å². The van der Waals surface area contributed by atoms with Crippen LogP contribution in [-0.2, 0) is 6.18 Å². The van der Waals surface area contributed by atoms with Crippen LogP contribution in [0.2, 0.25) is 3.43 Å². The Bertz CT molecular complexity index is 785. The van der Waals surface area contributed by atoms with Crippen molar-refractivity contribution in [1.82, 2.24) is 9.97 Å². The van der Waals surface area contributed by atoms with Crippen molar-refractivity contribution in [1.29, 1.82) is 0 Å². The van der Waals surface area contributed by atoms with Crippen LogP contribution >= 0.6 is 0 Å². The van der Waals surface area contributed by atoms with E-state index in [1.807, 2.05) is 13.0 Å². The molecule has 0 aliphatic heterocycles. The normalized spacial score (nSPS) is 12.1. The number of nitrogens with one attached hydrogen (secondary N) is 1. The van der Waals surface area contributed by atoms with Crippen LogP contribution in [-0.4, -0.2) is 37.0 Å². The molecule has 2 heterocycles. The van der Waals surface area contributed by atoms with Gasteiger partial charge >= 0.3 is 154 Å². The number of halogens is 3. The average molecular weight is 456 g/mol. The summed E-state index contributed by atoms with van der Waals surface area (Å²) in [5.41, 5.74) is -0.140. The van der Waals surface area contributed by atoms with E-state index in [0.29, 0.717) is 5.82 Å². The molecule has 0 unspecified atom stereocenters. The number of carbonyl (C=O) groups is 1. The standard InChI is InChI=1S/C13H9F3N3O.C4H9.Sn/c1-8-2-3-11(18-7-8)19-12(20)10-6-9(4-5-17-10)13(14,15)16;1-4(2)3;/h2-6H,1H3,(H,18,19,20);1-3H3;. The van der Waals surface area contributed by atoms with Gasteiger partial charge in [-0.15, -0.1) is 0 Å². The molecule has 1 amide bonds. The minimum atomic E-state index is -4.52. The van der Waals surface area contributed by atoms with Gasteiger partial charge in [0.15, 0.2) is 0 Å². The first-order valence-electron chi connectivity index (χ1n) is 7.56. The molecular formula is C17H18F3N3OSn. The number of hydrogen-bond donors (Lipinski definition) is 1. The van der Waals surface area contributed by atoms with Crippen molar-refractivity contribution in [2.24, 2.45) is 0 Å². The second kappa shape index (κ2) is 7.31. The van der Waals surface area contributed by atoms with Crippen LogP contribution in [0.4, 0.5) is 19.0 Å². The average Bonchev–Trinajstić information content (AvgIpc) is 2.48. The van der Waals surface area contributed by atoms with Gasteiger partial charge in [0.25, 0.3) is 0 Å². The van der Waals surface area contributed by atoms with Gasteiger partial charge in [0, 0.05) is 0 Å². The summed E-state index contributed by atoms with van der Waals surface area (Å²) < 4.78 is 39.4. The number of alkyl halides is 3. The Labute approximate surface area is 154 Å². The molecule has 0 fully saturated rings. The number of aromatic nitrogens is 2. The summed E-state index contributed by atoms with van der Waals surface area (Å²) in [4.78, 5) is 20.4. The van der Waals surface area contributed by atoms with Crippen LogP contribution in [0.15, 0.2) is 30.5 Å². The van der Waals surface area contributed by atoms with E-state index in [0.717, 1.165) is 27.6 Å². The summed E-state index contributed by atoms with van der Waals surface area (Å²) in [5.74, 6) is -0.385. The fourth-order valence-electron chi connectivity index (χ4n) is 1.99. The zero-order chi connectivity index (χ0) is 18.8. The molecule has 0 aromatic carbocycles. The summed E-state index contributed by atoms with van der Waals surface area (Å²) in [6.45, 7) is 8.42. The minimum absolute atomic E-state index is 0.187. The van der Waals surface area contributed by atoms with E-state index in [4.69, 9.17) is 0 Å². The molecule has 2 aromatic rings. The number of rotatable bonds is 3. The summed E-state index contributed by atoms with van der Waals surface area (Å²) in [7, 11) is 0. The Morgan fingerprint density at radius 3 is 2.44 bits per heavy atom. The maximum absolute atomic E-state index is 12.7. The van der Waals surface area contributed by atoms with Crippen LogP contribution in [0, 0.1) is 6.92 Å². The molecule has 8 heteroatoms. The molecule has 0 spiro atoms. The van der Waals surface area contributed by atoms with Gasteiger partial charge < -0.3 is 0 Å². The first-order valence-corrected chi connectivity index (χ1v) is 10.4. The Hall–Kier alpha value is -1.64. The Balaban J connectivity index is 2.22. The monoisotopic (exact) mass is 457 g/mol. The van der Waals surface area contributed by atoms with E-state index in [9.17, 15) is 18.0 Å². The first-order chi connectivity index (χ1) is 11.5. The molecule has 2 rings (SSSR count). The van der Waals surface area contributed by atoms with Crippen LogP contribution in [0.1, 0.15) is 42.4 Å². The van der Waals surface area contributed by atoms with E-state index in [2.05, 4.69) is 36.1 Å². The number of pyridine rings is 2. The number of nitrogens with zero attached hydrogens (tertiary/aromatic N) is 2. The molecular weight excluding hydrogens is 438 g/mol. The Kier molecular flexibility index (Phi) is 5.75. The Morgan fingerprint density at radius 2 is 1.84 bits per heavy atom. The molecule has 0 atom stereocenters. The zero-order valence-electron chi connectivity index (χ0n) is 14.3. The van der Waals surface area contributed by atoms with Gasteiger partial charge in [-0.05, 0) is 0 Å². The third-order valence-corrected chi connectivity index (χ3v) is 7.41. The van der Waals surface area contributed by atoms with E-state index in [1.54, 1.807) is 6.07 Å². The summed E-state index contributed by atoms with van der Waals surface area (Å²) in [6.07, 6.45) is -3.55. The van der Waals surface area contributed by atoms with Crippen molar-refractivity contribution in [2.75, 3.05) is 5.32 Å². The molecule has 2 aromatic heterocycles. The maximum atomic E-state index is 12.7. The topological polar surface area (TPSA) is 54.9 Å². The SMILES string of the molecule is Cc1ccc(NC(=O)c2cc(C(F)(F)F)ccn2)n[c]1[Sn][C](C)(C)C. The van der Waals surface area contributed by atoms with Gasteiger partial charge in [-0.3, -0.25) is 0 Å². The second-order valence-electron chi connectivity index (χ2n) is 6.62. The predicted octanol–water partition coefficient (Wildman–Crippen LogP) is 3.60. The van der Waals surface area contributed by atoms with E-state index < -0.39 is 38.8 Å². The molecule has 25 heavy (non-hydrogen) atoms. The predicted molar refractivity (Wildman–Crippen MR) is 91.3 cm³/mol. The van der Waals surface area contributed by atoms with Gasteiger partial charge in [-0.2, -0.15) is 0 Å².